The minimum atomic E-state index is -4.51. The summed E-state index contributed by atoms with van der Waals surface area (Å²) in [5.74, 6) is -0.761. The number of hydrogen-bond donors (Lipinski definition) is 1. The van der Waals surface area contributed by atoms with Crippen molar-refractivity contribution in [1.82, 2.24) is 20.3 Å². The maximum absolute atomic E-state index is 12.5. The van der Waals surface area contributed by atoms with Gasteiger partial charge in [0.25, 0.3) is 5.91 Å². The second-order valence-electron chi connectivity index (χ2n) is 6.34. The summed E-state index contributed by atoms with van der Waals surface area (Å²) in [4.78, 5) is 35.7. The van der Waals surface area contributed by atoms with Crippen molar-refractivity contribution in [1.29, 1.82) is 0 Å². The van der Waals surface area contributed by atoms with Gasteiger partial charge in [0.05, 0.1) is 12.5 Å². The van der Waals surface area contributed by atoms with Crippen LogP contribution in [-0.4, -0.2) is 39.4 Å². The highest BCUT2D eigenvalue weighted by molar-refractivity contribution is 6.31. The van der Waals surface area contributed by atoms with Crippen molar-refractivity contribution in [3.63, 3.8) is 0 Å². The van der Waals surface area contributed by atoms with Crippen LogP contribution in [0, 0.1) is 6.92 Å². The summed E-state index contributed by atoms with van der Waals surface area (Å²) in [7, 11) is 0. The average Bonchev–Trinajstić information content (AvgIpc) is 2.58. The van der Waals surface area contributed by atoms with E-state index in [0.29, 0.717) is 11.3 Å². The highest BCUT2D eigenvalue weighted by Gasteiger charge is 2.29. The first-order chi connectivity index (χ1) is 13.4. The molecule has 0 spiro atoms. The first-order valence-electron chi connectivity index (χ1n) is 8.44. The molecule has 2 aromatic rings. The van der Waals surface area contributed by atoms with Crippen LogP contribution in [0.15, 0.2) is 18.3 Å². The predicted molar refractivity (Wildman–Crippen MR) is 97.8 cm³/mol. The zero-order valence-electron chi connectivity index (χ0n) is 15.8. The Labute approximate surface area is 169 Å². The molecule has 0 aliphatic carbocycles. The van der Waals surface area contributed by atoms with Crippen LogP contribution in [0.4, 0.5) is 13.2 Å². The summed E-state index contributed by atoms with van der Waals surface area (Å²) in [5, 5.41) is 2.57. The summed E-state index contributed by atoms with van der Waals surface area (Å²) in [6.07, 6.45) is -3.24. The number of aromatic nitrogens is 3. The fraction of sp³-hybridized carbons (Fsp3) is 0.389. The van der Waals surface area contributed by atoms with Gasteiger partial charge in [0.15, 0.2) is 6.61 Å². The molecular weight excluding hydrogens is 413 g/mol. The lowest BCUT2D eigenvalue weighted by Gasteiger charge is -2.16. The van der Waals surface area contributed by atoms with Gasteiger partial charge >= 0.3 is 6.18 Å². The third kappa shape index (κ3) is 6.97. The molecule has 1 amide bonds. The fourth-order valence-corrected chi connectivity index (χ4v) is 2.56. The summed E-state index contributed by atoms with van der Waals surface area (Å²) in [6.45, 7) is 3.20. The van der Waals surface area contributed by atoms with Gasteiger partial charge in [-0.25, -0.2) is 15.0 Å². The molecule has 0 bridgehead atoms. The molecule has 1 N–H and O–H groups in total. The van der Waals surface area contributed by atoms with Gasteiger partial charge in [-0.1, -0.05) is 11.6 Å². The van der Waals surface area contributed by atoms with Crippen molar-refractivity contribution >= 4 is 23.3 Å². The van der Waals surface area contributed by atoms with Crippen LogP contribution < -0.4 is 10.1 Å². The quantitative estimate of drug-likeness (QED) is 0.723. The number of halogens is 4. The number of nitrogens with zero attached hydrogens (tertiary/aromatic N) is 3. The molecule has 0 aliphatic heterocycles. The van der Waals surface area contributed by atoms with Gasteiger partial charge in [0, 0.05) is 11.9 Å². The fourth-order valence-electron chi connectivity index (χ4n) is 2.34. The predicted octanol–water partition coefficient (Wildman–Crippen LogP) is 3.40. The minimum absolute atomic E-state index is 0.0103. The third-order valence-electron chi connectivity index (χ3n) is 3.59. The highest BCUT2D eigenvalue weighted by atomic mass is 35.5. The SMILES string of the molecule is CC(=O)Cc1nc(C)cc(C(=O)NC(C)c2cnc(OCC(F)(F)F)c(Cl)c2)n1. The Hall–Kier alpha value is -2.75. The Bertz CT molecular complexity index is 922. The standard InChI is InChI=1S/C18H18ClF3N4O3/c1-9-4-14(26-15(24-9)5-10(2)27)16(28)25-11(3)12-6-13(19)17(23-7-12)29-8-18(20,21)22/h4,6-7,11H,5,8H2,1-3H3,(H,25,28). The van der Waals surface area contributed by atoms with E-state index in [4.69, 9.17) is 11.6 Å². The number of ketones is 1. The Morgan fingerprint density at radius 1 is 1.28 bits per heavy atom. The van der Waals surface area contributed by atoms with Crippen molar-refractivity contribution in [2.75, 3.05) is 6.61 Å². The Morgan fingerprint density at radius 2 is 1.97 bits per heavy atom. The second-order valence-corrected chi connectivity index (χ2v) is 6.75. The van der Waals surface area contributed by atoms with E-state index in [1.54, 1.807) is 13.8 Å². The van der Waals surface area contributed by atoms with Crippen molar-refractivity contribution in [2.24, 2.45) is 0 Å². The van der Waals surface area contributed by atoms with Crippen molar-refractivity contribution < 1.29 is 27.5 Å². The van der Waals surface area contributed by atoms with Crippen LogP contribution in [0.3, 0.4) is 0 Å². The third-order valence-corrected chi connectivity index (χ3v) is 3.86. The summed E-state index contributed by atoms with van der Waals surface area (Å²) < 4.78 is 41.3. The molecule has 0 radical (unpaired) electrons. The largest absolute Gasteiger partial charge is 0.467 e. The first-order valence-corrected chi connectivity index (χ1v) is 8.82. The minimum Gasteiger partial charge on any atom is -0.467 e. The smallest absolute Gasteiger partial charge is 0.422 e. The van der Waals surface area contributed by atoms with E-state index < -0.39 is 24.7 Å². The summed E-state index contributed by atoms with van der Waals surface area (Å²) in [5.41, 5.74) is 1.08. The number of Topliss-reactive ketones (excluding diaryl/α,β-unsaturated/α-hetero) is 1. The number of ether oxygens (including phenoxy) is 1. The van der Waals surface area contributed by atoms with Crippen LogP contribution in [0.5, 0.6) is 5.88 Å². The molecule has 7 nitrogen and oxygen atoms in total. The molecule has 0 aromatic carbocycles. The van der Waals surface area contributed by atoms with E-state index in [1.165, 1.54) is 25.3 Å². The van der Waals surface area contributed by atoms with Crippen LogP contribution in [-0.2, 0) is 11.2 Å². The maximum atomic E-state index is 12.5. The summed E-state index contributed by atoms with van der Waals surface area (Å²) in [6, 6.07) is 2.26. The molecule has 0 aliphatic rings. The number of carbonyl (C=O) groups excluding carboxylic acids is 2. The van der Waals surface area contributed by atoms with Crippen molar-refractivity contribution in [2.45, 2.75) is 39.4 Å². The van der Waals surface area contributed by atoms with Crippen molar-refractivity contribution in [3.8, 4) is 5.88 Å². The monoisotopic (exact) mass is 430 g/mol. The van der Waals surface area contributed by atoms with Gasteiger partial charge in [-0.05, 0) is 38.5 Å². The van der Waals surface area contributed by atoms with E-state index in [9.17, 15) is 22.8 Å². The van der Waals surface area contributed by atoms with Gasteiger partial charge in [-0.15, -0.1) is 0 Å². The average molecular weight is 431 g/mol. The summed E-state index contributed by atoms with van der Waals surface area (Å²) >= 11 is 5.93. The lowest BCUT2D eigenvalue weighted by molar-refractivity contribution is -0.154. The molecule has 2 heterocycles. The molecule has 1 atom stereocenters. The number of alkyl halides is 3. The first kappa shape index (κ1) is 22.5. The topological polar surface area (TPSA) is 94.1 Å². The zero-order chi connectivity index (χ0) is 21.8. The van der Waals surface area contributed by atoms with Gasteiger partial charge < -0.3 is 10.1 Å². The van der Waals surface area contributed by atoms with Gasteiger partial charge in [-0.2, -0.15) is 13.2 Å². The molecule has 11 heteroatoms. The maximum Gasteiger partial charge on any atom is 0.422 e. The number of rotatable bonds is 7. The van der Waals surface area contributed by atoms with Gasteiger partial charge in [-0.3, -0.25) is 9.59 Å². The molecule has 29 heavy (non-hydrogen) atoms. The number of nitrogens with one attached hydrogen (secondary N) is 1. The number of aryl methyl sites for hydroxylation is 1. The molecule has 0 fully saturated rings. The van der Waals surface area contributed by atoms with Crippen LogP contribution in [0.1, 0.15) is 47.5 Å². The molecule has 2 rings (SSSR count). The molecule has 156 valence electrons. The number of amides is 1. The van der Waals surface area contributed by atoms with E-state index in [0.717, 1.165) is 0 Å². The van der Waals surface area contributed by atoms with Crippen LogP contribution in [0.25, 0.3) is 0 Å². The van der Waals surface area contributed by atoms with Crippen molar-refractivity contribution in [3.05, 3.63) is 46.1 Å². The van der Waals surface area contributed by atoms with Gasteiger partial charge in [0.2, 0.25) is 5.88 Å². The Morgan fingerprint density at radius 3 is 2.55 bits per heavy atom. The molecular formula is C18H18ClF3N4O3. The van der Waals surface area contributed by atoms with E-state index in [-0.39, 0.29) is 34.6 Å². The lowest BCUT2D eigenvalue weighted by atomic mass is 10.1. The number of hydrogen-bond acceptors (Lipinski definition) is 6. The Kier molecular flexibility index (Phi) is 7.12. The molecule has 0 saturated carbocycles. The van der Waals surface area contributed by atoms with Crippen LogP contribution >= 0.6 is 11.6 Å². The van der Waals surface area contributed by atoms with Gasteiger partial charge in [0.1, 0.15) is 22.3 Å². The van der Waals surface area contributed by atoms with E-state index in [1.807, 2.05) is 0 Å². The molecule has 1 unspecified atom stereocenters. The lowest BCUT2D eigenvalue weighted by Crippen LogP contribution is -2.28. The normalized spacial score (nSPS) is 12.4. The second kappa shape index (κ2) is 9.17. The molecule has 2 aromatic heterocycles. The van der Waals surface area contributed by atoms with Crippen LogP contribution in [0.2, 0.25) is 5.02 Å². The molecule has 0 saturated heterocycles. The highest BCUT2D eigenvalue weighted by Crippen LogP contribution is 2.27. The van der Waals surface area contributed by atoms with E-state index in [2.05, 4.69) is 25.0 Å². The number of pyridine rings is 1. The Balaban J connectivity index is 2.10. The number of carbonyl (C=O) groups is 2. The zero-order valence-corrected chi connectivity index (χ0v) is 16.6. The van der Waals surface area contributed by atoms with E-state index >= 15 is 0 Å².